The van der Waals surface area contributed by atoms with Crippen molar-refractivity contribution in [1.82, 2.24) is 10.6 Å². The van der Waals surface area contributed by atoms with Crippen molar-refractivity contribution < 1.29 is 4.79 Å². The van der Waals surface area contributed by atoms with Crippen LogP contribution in [0.15, 0.2) is 30.3 Å². The Morgan fingerprint density at radius 1 is 1.16 bits per heavy atom. The summed E-state index contributed by atoms with van der Waals surface area (Å²) in [5, 5.41) is 6.52. The number of amides is 1. The minimum atomic E-state index is 0.207. The largest absolute Gasteiger partial charge is 0.356 e. The van der Waals surface area contributed by atoms with Crippen LogP contribution < -0.4 is 10.6 Å². The Hall–Kier alpha value is -1.35. The highest BCUT2D eigenvalue weighted by Gasteiger charge is 2.43. The van der Waals surface area contributed by atoms with E-state index < -0.39 is 0 Å². The third kappa shape index (κ3) is 3.57. The highest BCUT2D eigenvalue weighted by atomic mass is 16.2. The van der Waals surface area contributed by atoms with E-state index in [-0.39, 0.29) is 11.8 Å². The maximum Gasteiger partial charge on any atom is 0.223 e. The first-order chi connectivity index (χ1) is 9.34. The standard InChI is InChI=1S/C16H22N2O/c19-16(18-10-4-9-17-13-7-8-13)15-11-14(15)12-5-2-1-3-6-12/h1-3,5-6,13-15,17H,4,7-11H2,(H,18,19). The van der Waals surface area contributed by atoms with Gasteiger partial charge in [0.25, 0.3) is 0 Å². The minimum absolute atomic E-state index is 0.207. The molecule has 2 unspecified atom stereocenters. The molecule has 0 aliphatic heterocycles. The van der Waals surface area contributed by atoms with Gasteiger partial charge in [-0.2, -0.15) is 0 Å². The van der Waals surface area contributed by atoms with Gasteiger partial charge in [-0.25, -0.2) is 0 Å². The number of hydrogen-bond donors (Lipinski definition) is 2. The lowest BCUT2D eigenvalue weighted by molar-refractivity contribution is -0.122. The molecule has 0 bridgehead atoms. The van der Waals surface area contributed by atoms with E-state index in [4.69, 9.17) is 0 Å². The molecule has 0 heterocycles. The van der Waals surface area contributed by atoms with Crippen LogP contribution in [0.25, 0.3) is 0 Å². The lowest BCUT2D eigenvalue weighted by atomic mass is 10.1. The number of nitrogens with one attached hydrogen (secondary N) is 2. The summed E-state index contributed by atoms with van der Waals surface area (Å²) < 4.78 is 0. The fourth-order valence-corrected chi connectivity index (χ4v) is 2.58. The highest BCUT2D eigenvalue weighted by Crippen LogP contribution is 2.47. The normalized spacial score (nSPS) is 25.1. The molecule has 19 heavy (non-hydrogen) atoms. The van der Waals surface area contributed by atoms with Crippen molar-refractivity contribution in [1.29, 1.82) is 0 Å². The smallest absolute Gasteiger partial charge is 0.223 e. The van der Waals surface area contributed by atoms with Crippen molar-refractivity contribution in [3.05, 3.63) is 35.9 Å². The maximum atomic E-state index is 12.0. The average molecular weight is 258 g/mol. The zero-order valence-electron chi connectivity index (χ0n) is 11.3. The van der Waals surface area contributed by atoms with Gasteiger partial charge in [-0.1, -0.05) is 30.3 Å². The highest BCUT2D eigenvalue weighted by molar-refractivity contribution is 5.82. The molecule has 2 aliphatic carbocycles. The van der Waals surface area contributed by atoms with Gasteiger partial charge < -0.3 is 10.6 Å². The van der Waals surface area contributed by atoms with Gasteiger partial charge in [-0.15, -0.1) is 0 Å². The van der Waals surface area contributed by atoms with Crippen LogP contribution in [0.1, 0.15) is 37.2 Å². The molecule has 2 fully saturated rings. The Balaban J connectivity index is 1.33. The predicted octanol–water partition coefficient (Wildman–Crippen LogP) is 2.05. The molecule has 2 atom stereocenters. The van der Waals surface area contributed by atoms with Crippen molar-refractivity contribution >= 4 is 5.91 Å². The number of carbonyl (C=O) groups excluding carboxylic acids is 1. The molecular formula is C16H22N2O. The Labute approximate surface area is 114 Å². The van der Waals surface area contributed by atoms with Crippen LogP contribution in [-0.2, 0) is 4.79 Å². The molecule has 0 spiro atoms. The van der Waals surface area contributed by atoms with Crippen LogP contribution in [0.4, 0.5) is 0 Å². The van der Waals surface area contributed by atoms with Gasteiger partial charge in [0, 0.05) is 18.5 Å². The second kappa shape index (κ2) is 5.74. The Kier molecular flexibility index (Phi) is 3.83. The second-order valence-electron chi connectivity index (χ2n) is 5.73. The monoisotopic (exact) mass is 258 g/mol. The van der Waals surface area contributed by atoms with E-state index in [2.05, 4.69) is 22.8 Å². The lowest BCUT2D eigenvalue weighted by Crippen LogP contribution is -2.29. The molecule has 2 N–H and O–H groups in total. The van der Waals surface area contributed by atoms with Crippen molar-refractivity contribution in [3.63, 3.8) is 0 Å². The van der Waals surface area contributed by atoms with E-state index in [1.165, 1.54) is 18.4 Å². The first kappa shape index (κ1) is 12.7. The van der Waals surface area contributed by atoms with Crippen LogP contribution in [0.3, 0.4) is 0 Å². The molecule has 0 saturated heterocycles. The lowest BCUT2D eigenvalue weighted by Gasteiger charge is -2.06. The van der Waals surface area contributed by atoms with Gasteiger partial charge in [-0.3, -0.25) is 4.79 Å². The fourth-order valence-electron chi connectivity index (χ4n) is 2.58. The predicted molar refractivity (Wildman–Crippen MR) is 75.9 cm³/mol. The number of carbonyl (C=O) groups is 1. The first-order valence-corrected chi connectivity index (χ1v) is 7.40. The summed E-state index contributed by atoms with van der Waals surface area (Å²) >= 11 is 0. The molecule has 3 nitrogen and oxygen atoms in total. The summed E-state index contributed by atoms with van der Waals surface area (Å²) in [6.07, 6.45) is 4.70. The molecule has 0 aromatic heterocycles. The van der Waals surface area contributed by atoms with Gasteiger partial charge in [-0.05, 0) is 43.7 Å². The minimum Gasteiger partial charge on any atom is -0.356 e. The van der Waals surface area contributed by atoms with Gasteiger partial charge in [0.15, 0.2) is 0 Å². The molecule has 2 aliphatic rings. The van der Waals surface area contributed by atoms with Crippen LogP contribution in [0, 0.1) is 5.92 Å². The van der Waals surface area contributed by atoms with E-state index in [1.54, 1.807) is 0 Å². The van der Waals surface area contributed by atoms with Crippen molar-refractivity contribution in [2.45, 2.75) is 37.6 Å². The average Bonchev–Trinajstić information content (AvgIpc) is 3.32. The Morgan fingerprint density at radius 3 is 2.68 bits per heavy atom. The number of hydrogen-bond acceptors (Lipinski definition) is 2. The summed E-state index contributed by atoms with van der Waals surface area (Å²) in [4.78, 5) is 12.0. The third-order valence-electron chi connectivity index (χ3n) is 4.02. The molecule has 1 aromatic rings. The maximum absolute atomic E-state index is 12.0. The fraction of sp³-hybridized carbons (Fsp3) is 0.562. The topological polar surface area (TPSA) is 41.1 Å². The van der Waals surface area contributed by atoms with E-state index in [0.29, 0.717) is 5.92 Å². The van der Waals surface area contributed by atoms with E-state index >= 15 is 0 Å². The Morgan fingerprint density at radius 2 is 1.95 bits per heavy atom. The molecule has 1 aromatic carbocycles. The van der Waals surface area contributed by atoms with Crippen molar-refractivity contribution in [2.24, 2.45) is 5.92 Å². The molecule has 1 amide bonds. The van der Waals surface area contributed by atoms with Gasteiger partial charge >= 0.3 is 0 Å². The molecule has 0 radical (unpaired) electrons. The van der Waals surface area contributed by atoms with E-state index in [9.17, 15) is 4.79 Å². The third-order valence-corrected chi connectivity index (χ3v) is 4.02. The van der Waals surface area contributed by atoms with Crippen LogP contribution in [-0.4, -0.2) is 25.0 Å². The van der Waals surface area contributed by atoms with Gasteiger partial charge in [0.1, 0.15) is 0 Å². The van der Waals surface area contributed by atoms with E-state index in [0.717, 1.165) is 32.0 Å². The quantitative estimate of drug-likeness (QED) is 0.735. The van der Waals surface area contributed by atoms with Crippen LogP contribution >= 0.6 is 0 Å². The molecule has 2 saturated carbocycles. The molecular weight excluding hydrogens is 236 g/mol. The number of benzene rings is 1. The summed E-state index contributed by atoms with van der Waals surface area (Å²) in [7, 11) is 0. The van der Waals surface area contributed by atoms with Crippen molar-refractivity contribution in [3.8, 4) is 0 Å². The van der Waals surface area contributed by atoms with Crippen molar-refractivity contribution in [2.75, 3.05) is 13.1 Å². The van der Waals surface area contributed by atoms with Crippen LogP contribution in [0.2, 0.25) is 0 Å². The van der Waals surface area contributed by atoms with Gasteiger partial charge in [0.2, 0.25) is 5.91 Å². The Bertz CT molecular complexity index is 428. The second-order valence-corrected chi connectivity index (χ2v) is 5.73. The summed E-state index contributed by atoms with van der Waals surface area (Å²) in [6, 6.07) is 11.1. The SMILES string of the molecule is O=C(NCCCNC1CC1)C1CC1c1ccccc1. The summed E-state index contributed by atoms with van der Waals surface area (Å²) in [5.74, 6) is 0.893. The zero-order chi connectivity index (χ0) is 13.1. The summed E-state index contributed by atoms with van der Waals surface area (Å²) in [5.41, 5.74) is 1.30. The van der Waals surface area contributed by atoms with Gasteiger partial charge in [0.05, 0.1) is 0 Å². The molecule has 3 heteroatoms. The zero-order valence-corrected chi connectivity index (χ0v) is 11.3. The number of rotatable bonds is 7. The van der Waals surface area contributed by atoms with Crippen LogP contribution in [0.5, 0.6) is 0 Å². The van der Waals surface area contributed by atoms with E-state index in [1.807, 2.05) is 18.2 Å². The first-order valence-electron chi connectivity index (χ1n) is 7.40. The molecule has 3 rings (SSSR count). The molecule has 102 valence electrons. The summed E-state index contributed by atoms with van der Waals surface area (Å²) in [6.45, 7) is 1.83.